The third-order valence-corrected chi connectivity index (χ3v) is 2.72. The van der Waals surface area contributed by atoms with Crippen LogP contribution in [0, 0.1) is 5.92 Å². The summed E-state index contributed by atoms with van der Waals surface area (Å²) in [7, 11) is 0. The Hall–Kier alpha value is -0.530. The molecule has 0 aliphatic rings. The summed E-state index contributed by atoms with van der Waals surface area (Å²) in [5.74, 6) is 0.147. The Labute approximate surface area is 94.4 Å². The highest BCUT2D eigenvalue weighted by Gasteiger charge is 2.16. The van der Waals surface area contributed by atoms with Crippen LogP contribution >= 0.6 is 0 Å². The molecular formula is C13H26O2. The first-order chi connectivity index (χ1) is 7.26. The van der Waals surface area contributed by atoms with Crippen molar-refractivity contribution in [2.24, 2.45) is 5.92 Å². The van der Waals surface area contributed by atoms with Gasteiger partial charge in [-0.05, 0) is 19.3 Å². The Balaban J connectivity index is 3.63. The lowest BCUT2D eigenvalue weighted by Crippen LogP contribution is -2.17. The van der Waals surface area contributed by atoms with Gasteiger partial charge in [0, 0.05) is 0 Å². The van der Waals surface area contributed by atoms with Gasteiger partial charge in [0.2, 0.25) is 0 Å². The van der Waals surface area contributed by atoms with Crippen LogP contribution in [0.15, 0.2) is 0 Å². The van der Waals surface area contributed by atoms with Gasteiger partial charge in [-0.3, -0.25) is 4.79 Å². The Morgan fingerprint density at radius 2 is 1.73 bits per heavy atom. The molecule has 0 unspecified atom stereocenters. The minimum atomic E-state index is 0.0158. The van der Waals surface area contributed by atoms with E-state index in [1.165, 1.54) is 6.42 Å². The first-order valence-corrected chi connectivity index (χ1v) is 6.42. The molecule has 0 saturated carbocycles. The molecule has 0 aliphatic heterocycles. The van der Waals surface area contributed by atoms with Crippen molar-refractivity contribution in [3.63, 3.8) is 0 Å². The van der Waals surface area contributed by atoms with E-state index in [4.69, 9.17) is 4.74 Å². The smallest absolute Gasteiger partial charge is 0.308 e. The van der Waals surface area contributed by atoms with Gasteiger partial charge in [0.25, 0.3) is 0 Å². The molecule has 0 fully saturated rings. The van der Waals surface area contributed by atoms with Crippen molar-refractivity contribution >= 4 is 5.97 Å². The maximum Gasteiger partial charge on any atom is 0.308 e. The number of hydrogen-bond acceptors (Lipinski definition) is 2. The molecule has 0 aromatic rings. The van der Waals surface area contributed by atoms with E-state index in [1.54, 1.807) is 0 Å². The van der Waals surface area contributed by atoms with Crippen molar-refractivity contribution in [1.29, 1.82) is 0 Å². The first kappa shape index (κ1) is 14.5. The topological polar surface area (TPSA) is 26.3 Å². The highest BCUT2D eigenvalue weighted by molar-refractivity contribution is 5.72. The van der Waals surface area contributed by atoms with Crippen molar-refractivity contribution in [3.8, 4) is 0 Å². The van der Waals surface area contributed by atoms with Gasteiger partial charge in [0.05, 0.1) is 12.5 Å². The van der Waals surface area contributed by atoms with Crippen LogP contribution in [-0.2, 0) is 9.53 Å². The van der Waals surface area contributed by atoms with E-state index in [-0.39, 0.29) is 11.9 Å². The van der Waals surface area contributed by atoms with E-state index >= 15 is 0 Å². The molecule has 0 saturated heterocycles. The third-order valence-electron chi connectivity index (χ3n) is 2.72. The quantitative estimate of drug-likeness (QED) is 0.429. The molecular weight excluding hydrogens is 188 g/mol. The Morgan fingerprint density at radius 1 is 1.07 bits per heavy atom. The average molecular weight is 214 g/mol. The number of carbonyl (C=O) groups excluding carboxylic acids is 1. The van der Waals surface area contributed by atoms with E-state index in [9.17, 15) is 4.79 Å². The zero-order chi connectivity index (χ0) is 11.5. The first-order valence-electron chi connectivity index (χ1n) is 6.42. The summed E-state index contributed by atoms with van der Waals surface area (Å²) in [6.07, 6.45) is 7.50. The van der Waals surface area contributed by atoms with Gasteiger partial charge in [-0.15, -0.1) is 0 Å². The van der Waals surface area contributed by atoms with Crippen LogP contribution < -0.4 is 0 Å². The molecule has 2 nitrogen and oxygen atoms in total. The fourth-order valence-electron chi connectivity index (χ4n) is 1.58. The highest BCUT2D eigenvalue weighted by atomic mass is 16.5. The van der Waals surface area contributed by atoms with Crippen molar-refractivity contribution in [3.05, 3.63) is 0 Å². The molecule has 0 amide bonds. The Kier molecular flexibility index (Phi) is 9.65. The molecule has 1 atom stereocenters. The van der Waals surface area contributed by atoms with E-state index in [1.807, 2.05) is 0 Å². The minimum Gasteiger partial charge on any atom is -0.465 e. The molecule has 0 aromatic heterocycles. The van der Waals surface area contributed by atoms with Crippen LogP contribution in [0.2, 0.25) is 0 Å². The number of unbranched alkanes of at least 4 members (excludes halogenated alkanes) is 3. The maximum absolute atomic E-state index is 11.6. The van der Waals surface area contributed by atoms with Crippen LogP contribution in [0.5, 0.6) is 0 Å². The summed E-state index contributed by atoms with van der Waals surface area (Å²) in [6.45, 7) is 6.97. The molecule has 0 bridgehead atoms. The van der Waals surface area contributed by atoms with Crippen molar-refractivity contribution < 1.29 is 9.53 Å². The van der Waals surface area contributed by atoms with Gasteiger partial charge in [0.15, 0.2) is 0 Å². The third kappa shape index (κ3) is 7.40. The van der Waals surface area contributed by atoms with E-state index in [2.05, 4.69) is 20.8 Å². The fraction of sp³-hybridized carbons (Fsp3) is 0.923. The molecule has 0 heterocycles. The summed E-state index contributed by atoms with van der Waals surface area (Å²) in [5.41, 5.74) is 0. The predicted octanol–water partition coefficient (Wildman–Crippen LogP) is 3.94. The molecule has 0 rings (SSSR count). The monoisotopic (exact) mass is 214 g/mol. The SMILES string of the molecule is CCCCCOC(=O)[C@@H](CC)CCCC. The second-order valence-corrected chi connectivity index (χ2v) is 4.12. The number of rotatable bonds is 9. The lowest BCUT2D eigenvalue weighted by molar-refractivity contribution is -0.149. The van der Waals surface area contributed by atoms with Crippen LogP contribution in [0.1, 0.15) is 65.7 Å². The van der Waals surface area contributed by atoms with Crippen LogP contribution in [-0.4, -0.2) is 12.6 Å². The summed E-state index contributed by atoms with van der Waals surface area (Å²) in [5, 5.41) is 0. The lowest BCUT2D eigenvalue weighted by Gasteiger charge is -2.13. The summed E-state index contributed by atoms with van der Waals surface area (Å²) < 4.78 is 5.26. The molecule has 0 aliphatic carbocycles. The lowest BCUT2D eigenvalue weighted by atomic mass is 10.00. The summed E-state index contributed by atoms with van der Waals surface area (Å²) >= 11 is 0. The molecule has 0 N–H and O–H groups in total. The van der Waals surface area contributed by atoms with Gasteiger partial charge in [-0.2, -0.15) is 0 Å². The van der Waals surface area contributed by atoms with Crippen molar-refractivity contribution in [2.75, 3.05) is 6.61 Å². The van der Waals surface area contributed by atoms with Crippen LogP contribution in [0.25, 0.3) is 0 Å². The zero-order valence-corrected chi connectivity index (χ0v) is 10.6. The molecule has 2 heteroatoms. The number of hydrogen-bond donors (Lipinski definition) is 0. The normalized spacial score (nSPS) is 12.5. The van der Waals surface area contributed by atoms with Crippen LogP contribution in [0.3, 0.4) is 0 Å². The summed E-state index contributed by atoms with van der Waals surface area (Å²) in [6, 6.07) is 0. The molecule has 0 spiro atoms. The van der Waals surface area contributed by atoms with Gasteiger partial charge >= 0.3 is 5.97 Å². The van der Waals surface area contributed by atoms with E-state index in [0.717, 1.165) is 38.5 Å². The molecule has 0 aromatic carbocycles. The largest absolute Gasteiger partial charge is 0.465 e. The van der Waals surface area contributed by atoms with Crippen LogP contribution in [0.4, 0.5) is 0 Å². The second kappa shape index (κ2) is 10.0. The van der Waals surface area contributed by atoms with Crippen molar-refractivity contribution in [1.82, 2.24) is 0 Å². The van der Waals surface area contributed by atoms with Gasteiger partial charge in [-0.25, -0.2) is 0 Å². The zero-order valence-electron chi connectivity index (χ0n) is 10.6. The summed E-state index contributed by atoms with van der Waals surface area (Å²) in [4.78, 5) is 11.6. The van der Waals surface area contributed by atoms with Gasteiger partial charge in [-0.1, -0.05) is 46.5 Å². The Morgan fingerprint density at radius 3 is 2.27 bits per heavy atom. The van der Waals surface area contributed by atoms with E-state index < -0.39 is 0 Å². The van der Waals surface area contributed by atoms with E-state index in [0.29, 0.717) is 6.61 Å². The molecule has 90 valence electrons. The second-order valence-electron chi connectivity index (χ2n) is 4.12. The molecule has 0 radical (unpaired) electrons. The highest BCUT2D eigenvalue weighted by Crippen LogP contribution is 2.14. The maximum atomic E-state index is 11.6. The minimum absolute atomic E-state index is 0.0158. The predicted molar refractivity (Wildman–Crippen MR) is 63.8 cm³/mol. The van der Waals surface area contributed by atoms with Gasteiger partial charge < -0.3 is 4.74 Å². The number of carbonyl (C=O) groups is 1. The number of ether oxygens (including phenoxy) is 1. The standard InChI is InChI=1S/C13H26O2/c1-4-7-9-11-15-13(14)12(6-3)10-8-5-2/h12H,4-11H2,1-3H3/t12-/m0/s1. The fourth-order valence-corrected chi connectivity index (χ4v) is 1.58. The average Bonchev–Trinajstić information content (AvgIpc) is 2.25. The number of esters is 1. The molecule has 15 heavy (non-hydrogen) atoms. The Bertz CT molecular complexity index is 155. The van der Waals surface area contributed by atoms with Gasteiger partial charge in [0.1, 0.15) is 0 Å². The van der Waals surface area contributed by atoms with Crippen molar-refractivity contribution in [2.45, 2.75) is 65.7 Å².